The van der Waals surface area contributed by atoms with Crippen molar-refractivity contribution in [2.24, 2.45) is 57.2 Å². The second-order valence-corrected chi connectivity index (χ2v) is 23.2. The van der Waals surface area contributed by atoms with Gasteiger partial charge in [-0.3, -0.25) is 9.59 Å². The zero-order chi connectivity index (χ0) is 41.2. The number of carbonyl (C=O) groups is 2. The van der Waals surface area contributed by atoms with E-state index >= 15 is 0 Å². The minimum atomic E-state index is -0.104. The van der Waals surface area contributed by atoms with Crippen molar-refractivity contribution in [2.75, 3.05) is 26.3 Å². The van der Waals surface area contributed by atoms with Crippen molar-refractivity contribution in [2.45, 2.75) is 215 Å². The zero-order valence-corrected chi connectivity index (χ0v) is 38.2. The van der Waals surface area contributed by atoms with E-state index in [1.54, 1.807) is 0 Å². The van der Waals surface area contributed by atoms with E-state index in [1.165, 1.54) is 70.6 Å². The summed E-state index contributed by atoms with van der Waals surface area (Å²) in [5, 5.41) is 7.71. The fourth-order valence-corrected chi connectivity index (χ4v) is 13.7. The number of unbranched alkanes of at least 4 members (excludes halogenated alkanes) is 6. The molecule has 2 saturated heterocycles. The Balaban J connectivity index is 0.937. The van der Waals surface area contributed by atoms with E-state index in [2.05, 4.69) is 66.0 Å². The molecule has 2 aliphatic heterocycles. The van der Waals surface area contributed by atoms with Gasteiger partial charge in [0.2, 0.25) is 0 Å². The summed E-state index contributed by atoms with van der Waals surface area (Å²) in [7, 11) is 0. The van der Waals surface area contributed by atoms with Crippen LogP contribution in [0.4, 0.5) is 0 Å². The summed E-state index contributed by atoms with van der Waals surface area (Å²) >= 11 is 0. The molecule has 6 fully saturated rings. The fraction of sp³-hybridized carbons (Fsp3) is 0.959. The van der Waals surface area contributed by atoms with Gasteiger partial charge in [-0.05, 0) is 148 Å². The van der Waals surface area contributed by atoms with Gasteiger partial charge in [0, 0.05) is 12.1 Å². The number of esters is 2. The van der Waals surface area contributed by atoms with Crippen LogP contribution < -0.4 is 10.6 Å². The molecule has 57 heavy (non-hydrogen) atoms. The molecule has 8 heteroatoms. The van der Waals surface area contributed by atoms with E-state index in [-0.39, 0.29) is 36.2 Å². The van der Waals surface area contributed by atoms with Crippen molar-refractivity contribution in [3.8, 4) is 0 Å². The Hall–Kier alpha value is -1.22. The Labute approximate surface area is 348 Å². The molecule has 0 bridgehead atoms. The molecular weight excluding hydrogens is 713 g/mol. The standard InChI is InChI=1S/C49H86N2O6/c1-11-54-42(52)22-38(44-36-28-46(3,4)24-32(36)34-26-48(7,8)30-40(34)56-44)50-20-18-16-14-13-15-17-19-21-51-39(23-43(53)55-12-2)45-37-29-47(5,6)25-33(37)35-27-49(9,10)31-41(35)57-45/h32-41,44-45,50-51H,11-31H2,1-10H3/t32-,33-,34-,35-,36-,37-,38?,39?,40-,41-,44+,45+/m1/s1. The number of rotatable bonds is 20. The first-order valence-corrected chi connectivity index (χ1v) is 24.0. The third-order valence-electron chi connectivity index (χ3n) is 15.7. The summed E-state index contributed by atoms with van der Waals surface area (Å²) < 4.78 is 25.1. The SMILES string of the molecule is CCOC(=O)CC(NCCCCCCCCCNC(CC(=O)OCC)[C@H]1O[C@@H]2CC(C)(C)C[C@@H]2[C@H]2CC(C)(C)C[C@H]21)[C@H]1O[C@@H]2CC(C)(C)C[C@@H]2[C@H]2CC(C)(C)C[C@H]21. The van der Waals surface area contributed by atoms with Crippen LogP contribution in [-0.4, -0.2) is 74.7 Å². The summed E-state index contributed by atoms with van der Waals surface area (Å²) in [6, 6.07) is 0.0125. The first-order valence-electron chi connectivity index (χ1n) is 24.0. The smallest absolute Gasteiger partial charge is 0.307 e. The highest BCUT2D eigenvalue weighted by Crippen LogP contribution is 2.61. The average Bonchev–Trinajstić information content (AvgIpc) is 3.82. The summed E-state index contributed by atoms with van der Waals surface area (Å²) in [4.78, 5) is 25.8. The van der Waals surface area contributed by atoms with E-state index in [1.807, 2.05) is 13.8 Å². The van der Waals surface area contributed by atoms with Crippen molar-refractivity contribution in [3.63, 3.8) is 0 Å². The Morgan fingerprint density at radius 1 is 0.491 bits per heavy atom. The molecule has 12 atom stereocenters. The number of hydrogen-bond acceptors (Lipinski definition) is 8. The predicted octanol–water partition coefficient (Wildman–Crippen LogP) is 10.1. The number of ether oxygens (including phenoxy) is 4. The van der Waals surface area contributed by atoms with Crippen LogP contribution in [0.25, 0.3) is 0 Å². The summed E-state index contributed by atoms with van der Waals surface area (Å²) in [6.07, 6.45) is 19.6. The zero-order valence-electron chi connectivity index (χ0n) is 38.2. The van der Waals surface area contributed by atoms with Crippen LogP contribution in [0.5, 0.6) is 0 Å². The third kappa shape index (κ3) is 11.6. The normalized spacial score (nSPS) is 36.5. The van der Waals surface area contributed by atoms with Gasteiger partial charge in [-0.15, -0.1) is 0 Å². The van der Waals surface area contributed by atoms with Crippen molar-refractivity contribution < 1.29 is 28.5 Å². The first kappa shape index (κ1) is 45.3. The van der Waals surface area contributed by atoms with Crippen LogP contribution in [0.3, 0.4) is 0 Å². The first-order chi connectivity index (χ1) is 26.9. The largest absolute Gasteiger partial charge is 0.466 e. The molecule has 0 amide bonds. The van der Waals surface area contributed by atoms with E-state index in [0.29, 0.717) is 95.4 Å². The minimum Gasteiger partial charge on any atom is -0.466 e. The van der Waals surface area contributed by atoms with Gasteiger partial charge in [0.15, 0.2) is 0 Å². The molecule has 4 saturated carbocycles. The monoisotopic (exact) mass is 799 g/mol. The lowest BCUT2D eigenvalue weighted by Gasteiger charge is -2.45. The van der Waals surface area contributed by atoms with Crippen LogP contribution in [0.2, 0.25) is 0 Å². The van der Waals surface area contributed by atoms with Crippen molar-refractivity contribution in [3.05, 3.63) is 0 Å². The average molecular weight is 799 g/mol. The molecule has 2 heterocycles. The topological polar surface area (TPSA) is 95.1 Å². The molecule has 6 rings (SSSR count). The maximum absolute atomic E-state index is 12.9. The highest BCUT2D eigenvalue weighted by Gasteiger charge is 2.59. The lowest BCUT2D eigenvalue weighted by atomic mass is 9.73. The van der Waals surface area contributed by atoms with Gasteiger partial charge in [-0.25, -0.2) is 0 Å². The highest BCUT2D eigenvalue weighted by atomic mass is 16.5. The molecule has 328 valence electrons. The van der Waals surface area contributed by atoms with Gasteiger partial charge in [-0.2, -0.15) is 0 Å². The predicted molar refractivity (Wildman–Crippen MR) is 229 cm³/mol. The molecule has 6 aliphatic rings. The van der Waals surface area contributed by atoms with Gasteiger partial charge in [-0.1, -0.05) is 87.5 Å². The van der Waals surface area contributed by atoms with Gasteiger partial charge in [0.05, 0.1) is 50.5 Å². The lowest BCUT2D eigenvalue weighted by molar-refractivity contribution is -0.155. The van der Waals surface area contributed by atoms with E-state index < -0.39 is 0 Å². The van der Waals surface area contributed by atoms with Crippen LogP contribution in [-0.2, 0) is 28.5 Å². The summed E-state index contributed by atoms with van der Waals surface area (Å²) in [6.45, 7) is 25.9. The summed E-state index contributed by atoms with van der Waals surface area (Å²) in [5.41, 5.74) is 1.30. The van der Waals surface area contributed by atoms with Crippen molar-refractivity contribution in [1.82, 2.24) is 10.6 Å². The highest BCUT2D eigenvalue weighted by molar-refractivity contribution is 5.70. The number of hydrogen-bond donors (Lipinski definition) is 2. The maximum atomic E-state index is 12.9. The Bertz CT molecular complexity index is 1230. The van der Waals surface area contributed by atoms with Crippen molar-refractivity contribution in [1.29, 1.82) is 0 Å². The van der Waals surface area contributed by atoms with Crippen LogP contribution in [0.1, 0.15) is 178 Å². The Morgan fingerprint density at radius 2 is 0.807 bits per heavy atom. The van der Waals surface area contributed by atoms with Gasteiger partial charge in [0.1, 0.15) is 0 Å². The minimum absolute atomic E-state index is 0.00626. The fourth-order valence-electron chi connectivity index (χ4n) is 13.7. The molecule has 4 aliphatic carbocycles. The molecule has 8 nitrogen and oxygen atoms in total. The maximum Gasteiger partial charge on any atom is 0.307 e. The third-order valence-corrected chi connectivity index (χ3v) is 15.7. The Kier molecular flexibility index (Phi) is 15.0. The van der Waals surface area contributed by atoms with Crippen molar-refractivity contribution >= 4 is 11.9 Å². The molecule has 0 spiro atoms. The second-order valence-electron chi connectivity index (χ2n) is 23.2. The molecular formula is C49H86N2O6. The van der Waals surface area contributed by atoms with Gasteiger partial charge in [0.25, 0.3) is 0 Å². The summed E-state index contributed by atoms with van der Waals surface area (Å²) in [5.74, 6) is 3.49. The van der Waals surface area contributed by atoms with E-state index in [4.69, 9.17) is 18.9 Å². The lowest BCUT2D eigenvalue weighted by Crippen LogP contribution is -2.54. The van der Waals surface area contributed by atoms with Crippen LogP contribution >= 0.6 is 0 Å². The van der Waals surface area contributed by atoms with Gasteiger partial charge >= 0.3 is 11.9 Å². The van der Waals surface area contributed by atoms with Crippen LogP contribution in [0, 0.1) is 57.2 Å². The second kappa shape index (κ2) is 18.8. The number of nitrogens with one attached hydrogen (secondary N) is 2. The molecule has 0 radical (unpaired) electrons. The molecule has 0 aromatic heterocycles. The van der Waals surface area contributed by atoms with E-state index in [9.17, 15) is 9.59 Å². The number of carbonyl (C=O) groups excluding carboxylic acids is 2. The van der Waals surface area contributed by atoms with E-state index in [0.717, 1.165) is 38.8 Å². The number of fused-ring (bicyclic) bond motifs is 6. The quantitative estimate of drug-likeness (QED) is 0.0929. The molecule has 2 unspecified atom stereocenters. The molecule has 2 N–H and O–H groups in total. The van der Waals surface area contributed by atoms with Crippen LogP contribution in [0.15, 0.2) is 0 Å². The molecule has 0 aromatic rings. The molecule has 0 aromatic carbocycles. The Morgan fingerprint density at radius 3 is 1.18 bits per heavy atom. The van der Waals surface area contributed by atoms with Gasteiger partial charge < -0.3 is 29.6 Å².